The van der Waals surface area contributed by atoms with Crippen LogP contribution in [-0.2, 0) is 11.3 Å². The minimum absolute atomic E-state index is 0.0602. The van der Waals surface area contributed by atoms with E-state index in [1.807, 2.05) is 6.92 Å². The largest absolute Gasteiger partial charge is 0.396 e. The molecule has 0 radical (unpaired) electrons. The van der Waals surface area contributed by atoms with E-state index in [0.717, 1.165) is 6.42 Å². The molecule has 6 nitrogen and oxygen atoms in total. The molecule has 84 valence electrons. The highest BCUT2D eigenvalue weighted by atomic mass is 16.5. The normalized spacial score (nSPS) is 12.7. The summed E-state index contributed by atoms with van der Waals surface area (Å²) >= 11 is 0. The van der Waals surface area contributed by atoms with Crippen LogP contribution < -0.4 is 11.5 Å². The van der Waals surface area contributed by atoms with E-state index in [1.165, 1.54) is 0 Å². The Morgan fingerprint density at radius 1 is 1.73 bits per heavy atom. The molecule has 0 aliphatic carbocycles. The number of rotatable bonds is 5. The number of primary amides is 1. The summed E-state index contributed by atoms with van der Waals surface area (Å²) in [6.45, 7) is 2.57. The van der Waals surface area contributed by atoms with Crippen molar-refractivity contribution in [1.82, 2.24) is 9.78 Å². The van der Waals surface area contributed by atoms with Gasteiger partial charge in [0.05, 0.1) is 18.3 Å². The molecular weight excluding hydrogens is 196 g/mol. The fraction of sp³-hybridized carbons (Fsp3) is 0.556. The van der Waals surface area contributed by atoms with E-state index in [2.05, 4.69) is 5.10 Å². The minimum Gasteiger partial charge on any atom is -0.396 e. The van der Waals surface area contributed by atoms with Gasteiger partial charge in [-0.05, 0) is 6.42 Å². The lowest BCUT2D eigenvalue weighted by Crippen LogP contribution is -2.19. The summed E-state index contributed by atoms with van der Waals surface area (Å²) in [4.78, 5) is 10.9. The summed E-state index contributed by atoms with van der Waals surface area (Å²) in [6, 6.07) is 0. The second-order valence-electron chi connectivity index (χ2n) is 3.29. The first-order valence-corrected chi connectivity index (χ1v) is 4.74. The molecule has 1 unspecified atom stereocenters. The number of hydrogen-bond donors (Lipinski definition) is 2. The number of carbonyl (C=O) groups excluding carboxylic acids is 1. The fourth-order valence-corrected chi connectivity index (χ4v) is 1.30. The predicted octanol–water partition coefficient (Wildman–Crippen LogP) is -0.0108. The summed E-state index contributed by atoms with van der Waals surface area (Å²) in [6.07, 6.45) is 2.51. The van der Waals surface area contributed by atoms with Gasteiger partial charge in [0.1, 0.15) is 0 Å². The van der Waals surface area contributed by atoms with Gasteiger partial charge in [-0.25, -0.2) is 0 Å². The zero-order valence-electron chi connectivity index (χ0n) is 8.93. The molecule has 0 fully saturated rings. The summed E-state index contributed by atoms with van der Waals surface area (Å²) < 4.78 is 6.77. The summed E-state index contributed by atoms with van der Waals surface area (Å²) in [5.74, 6) is -0.614. The average Bonchev–Trinajstić information content (AvgIpc) is 2.56. The van der Waals surface area contributed by atoms with Crippen LogP contribution in [0.5, 0.6) is 0 Å². The number of amides is 1. The van der Waals surface area contributed by atoms with E-state index in [9.17, 15) is 4.79 Å². The molecule has 0 bridgehead atoms. The second kappa shape index (κ2) is 4.79. The van der Waals surface area contributed by atoms with Crippen molar-refractivity contribution in [2.75, 3.05) is 12.8 Å². The molecule has 0 aliphatic heterocycles. The summed E-state index contributed by atoms with van der Waals surface area (Å²) in [5.41, 5.74) is 11.1. The Balaban J connectivity index is 2.79. The number of nitrogens with two attached hydrogens (primary N) is 2. The standard InChI is InChI=1S/C9H16N4O2/c1-3-6(15-2)4-13-5-7(10)8(12-13)9(11)14/h5-6H,3-4,10H2,1-2H3,(H2,11,14). The van der Waals surface area contributed by atoms with Gasteiger partial charge in [-0.3, -0.25) is 9.48 Å². The third-order valence-corrected chi connectivity index (χ3v) is 2.20. The molecular formula is C9H16N4O2. The molecule has 6 heteroatoms. The Labute approximate surface area is 88.2 Å². The highest BCUT2D eigenvalue weighted by Gasteiger charge is 2.13. The van der Waals surface area contributed by atoms with Crippen LogP contribution >= 0.6 is 0 Å². The second-order valence-corrected chi connectivity index (χ2v) is 3.29. The van der Waals surface area contributed by atoms with Crippen molar-refractivity contribution >= 4 is 11.6 Å². The fourth-order valence-electron chi connectivity index (χ4n) is 1.30. The Hall–Kier alpha value is -1.56. The predicted molar refractivity (Wildman–Crippen MR) is 56.2 cm³/mol. The molecule has 1 rings (SSSR count). The third-order valence-electron chi connectivity index (χ3n) is 2.20. The van der Waals surface area contributed by atoms with E-state index in [-0.39, 0.29) is 11.8 Å². The van der Waals surface area contributed by atoms with E-state index in [0.29, 0.717) is 12.2 Å². The van der Waals surface area contributed by atoms with Crippen molar-refractivity contribution in [2.45, 2.75) is 26.0 Å². The zero-order valence-corrected chi connectivity index (χ0v) is 8.93. The molecule has 4 N–H and O–H groups in total. The number of hydrogen-bond acceptors (Lipinski definition) is 4. The van der Waals surface area contributed by atoms with Crippen LogP contribution in [0.1, 0.15) is 23.8 Å². The number of aromatic nitrogens is 2. The summed E-state index contributed by atoms with van der Waals surface area (Å²) in [5, 5.41) is 3.98. The van der Waals surface area contributed by atoms with Gasteiger partial charge in [-0.15, -0.1) is 0 Å². The number of anilines is 1. The average molecular weight is 212 g/mol. The maximum absolute atomic E-state index is 10.9. The molecule has 15 heavy (non-hydrogen) atoms. The molecule has 1 amide bonds. The number of methoxy groups -OCH3 is 1. The van der Waals surface area contributed by atoms with Crippen LogP contribution in [0.25, 0.3) is 0 Å². The van der Waals surface area contributed by atoms with Gasteiger partial charge in [0.2, 0.25) is 0 Å². The third kappa shape index (κ3) is 2.69. The van der Waals surface area contributed by atoms with Crippen LogP contribution in [0, 0.1) is 0 Å². The topological polar surface area (TPSA) is 96.2 Å². The first kappa shape index (κ1) is 11.5. The quantitative estimate of drug-likeness (QED) is 0.717. The van der Waals surface area contributed by atoms with Gasteiger partial charge < -0.3 is 16.2 Å². The van der Waals surface area contributed by atoms with Crippen molar-refractivity contribution in [3.63, 3.8) is 0 Å². The maximum Gasteiger partial charge on any atom is 0.271 e. The lowest BCUT2D eigenvalue weighted by Gasteiger charge is -2.12. The molecule has 0 aromatic carbocycles. The molecule has 1 atom stereocenters. The Morgan fingerprint density at radius 2 is 2.40 bits per heavy atom. The molecule has 0 aliphatic rings. The van der Waals surface area contributed by atoms with Crippen molar-refractivity contribution in [2.24, 2.45) is 5.73 Å². The van der Waals surface area contributed by atoms with Gasteiger partial charge in [-0.1, -0.05) is 6.92 Å². The number of nitrogen functional groups attached to an aromatic ring is 1. The molecule has 1 aromatic heterocycles. The first-order chi connectivity index (χ1) is 7.08. The Morgan fingerprint density at radius 3 is 2.80 bits per heavy atom. The zero-order chi connectivity index (χ0) is 11.4. The van der Waals surface area contributed by atoms with E-state index < -0.39 is 5.91 Å². The Bertz CT molecular complexity index is 344. The SMILES string of the molecule is CCC(Cn1cc(N)c(C(N)=O)n1)OC. The first-order valence-electron chi connectivity index (χ1n) is 4.74. The molecule has 0 saturated carbocycles. The Kier molecular flexibility index (Phi) is 3.68. The monoisotopic (exact) mass is 212 g/mol. The van der Waals surface area contributed by atoms with Gasteiger partial charge in [0.25, 0.3) is 5.91 Å². The number of ether oxygens (including phenoxy) is 1. The van der Waals surface area contributed by atoms with Crippen molar-refractivity contribution in [1.29, 1.82) is 0 Å². The highest BCUT2D eigenvalue weighted by Crippen LogP contribution is 2.09. The van der Waals surface area contributed by atoms with E-state index in [4.69, 9.17) is 16.2 Å². The van der Waals surface area contributed by atoms with Crippen molar-refractivity contribution in [3.8, 4) is 0 Å². The van der Waals surface area contributed by atoms with Crippen LogP contribution in [0.15, 0.2) is 6.20 Å². The van der Waals surface area contributed by atoms with Gasteiger partial charge in [0.15, 0.2) is 5.69 Å². The van der Waals surface area contributed by atoms with Crippen LogP contribution in [0.4, 0.5) is 5.69 Å². The van der Waals surface area contributed by atoms with Gasteiger partial charge in [-0.2, -0.15) is 5.10 Å². The van der Waals surface area contributed by atoms with E-state index in [1.54, 1.807) is 18.0 Å². The van der Waals surface area contributed by atoms with Crippen LogP contribution in [-0.4, -0.2) is 28.9 Å². The number of nitrogens with zero attached hydrogens (tertiary/aromatic N) is 2. The molecule has 0 spiro atoms. The minimum atomic E-state index is -0.614. The van der Waals surface area contributed by atoms with Crippen molar-refractivity contribution in [3.05, 3.63) is 11.9 Å². The van der Waals surface area contributed by atoms with Gasteiger partial charge in [0, 0.05) is 13.3 Å². The van der Waals surface area contributed by atoms with Gasteiger partial charge >= 0.3 is 0 Å². The summed E-state index contributed by atoms with van der Waals surface area (Å²) in [7, 11) is 1.63. The lowest BCUT2D eigenvalue weighted by molar-refractivity contribution is 0.0811. The smallest absolute Gasteiger partial charge is 0.271 e. The highest BCUT2D eigenvalue weighted by molar-refractivity contribution is 5.95. The molecule has 1 aromatic rings. The van der Waals surface area contributed by atoms with Crippen molar-refractivity contribution < 1.29 is 9.53 Å². The van der Waals surface area contributed by atoms with Crippen LogP contribution in [0.3, 0.4) is 0 Å². The van der Waals surface area contributed by atoms with E-state index >= 15 is 0 Å². The maximum atomic E-state index is 10.9. The number of carbonyl (C=O) groups is 1. The van der Waals surface area contributed by atoms with Crippen LogP contribution in [0.2, 0.25) is 0 Å². The lowest BCUT2D eigenvalue weighted by atomic mass is 10.3. The molecule has 0 saturated heterocycles. The molecule has 1 heterocycles.